The van der Waals surface area contributed by atoms with Crippen LogP contribution in [0.25, 0.3) is 6.08 Å². The molecule has 232 valence electrons. The Morgan fingerprint density at radius 3 is 1.98 bits per heavy atom. The van der Waals surface area contributed by atoms with Crippen molar-refractivity contribution in [3.63, 3.8) is 0 Å². The summed E-state index contributed by atoms with van der Waals surface area (Å²) in [5.41, 5.74) is 4.47. The highest BCUT2D eigenvalue weighted by Crippen LogP contribution is 2.38. The van der Waals surface area contributed by atoms with Crippen LogP contribution in [0.15, 0.2) is 95.5 Å². The van der Waals surface area contributed by atoms with Crippen molar-refractivity contribution in [3.8, 4) is 17.2 Å². The molecule has 9 nitrogen and oxygen atoms in total. The maximum atomic E-state index is 13.5. The third-order valence-corrected chi connectivity index (χ3v) is 7.81. The molecule has 0 aliphatic rings. The van der Waals surface area contributed by atoms with E-state index in [1.54, 1.807) is 54.6 Å². The summed E-state index contributed by atoms with van der Waals surface area (Å²) in [6.45, 7) is 4.03. The molecule has 0 saturated heterocycles. The third-order valence-electron chi connectivity index (χ3n) is 6.80. The molecular weight excluding hydrogens is 590 g/mol. The van der Waals surface area contributed by atoms with Crippen molar-refractivity contribution < 1.29 is 28.6 Å². The van der Waals surface area contributed by atoms with Gasteiger partial charge in [0.15, 0.2) is 11.5 Å². The smallest absolute Gasteiger partial charge is 0.272 e. The molecule has 0 aliphatic heterocycles. The minimum absolute atomic E-state index is 0.000379. The molecule has 45 heavy (non-hydrogen) atoms. The minimum Gasteiger partial charge on any atom is -0.493 e. The van der Waals surface area contributed by atoms with Crippen molar-refractivity contribution in [2.45, 2.75) is 18.7 Å². The first-order valence-corrected chi connectivity index (χ1v) is 15.0. The summed E-state index contributed by atoms with van der Waals surface area (Å²) in [7, 11) is 4.49. The summed E-state index contributed by atoms with van der Waals surface area (Å²) in [5, 5.41) is 8.48. The molecule has 0 saturated carbocycles. The van der Waals surface area contributed by atoms with Gasteiger partial charge in [-0.05, 0) is 97.3 Å². The highest BCUT2D eigenvalue weighted by Gasteiger charge is 2.18. The fourth-order valence-corrected chi connectivity index (χ4v) is 4.99. The quantitative estimate of drug-likeness (QED) is 0.122. The number of hydrogen-bond acceptors (Lipinski definition) is 7. The average Bonchev–Trinajstić information content (AvgIpc) is 3.05. The first kappa shape index (κ1) is 32.7. The number of anilines is 2. The minimum atomic E-state index is -0.541. The molecule has 10 heteroatoms. The normalized spacial score (nSPS) is 10.9. The predicted octanol–water partition coefficient (Wildman–Crippen LogP) is 6.47. The van der Waals surface area contributed by atoms with Crippen molar-refractivity contribution in [2.24, 2.45) is 0 Å². The van der Waals surface area contributed by atoms with Crippen LogP contribution in [-0.2, 0) is 9.59 Å². The number of nitrogens with one attached hydrogen (secondary N) is 3. The molecule has 0 atom stereocenters. The molecule has 0 unspecified atom stereocenters. The van der Waals surface area contributed by atoms with Gasteiger partial charge in [-0.3, -0.25) is 14.4 Å². The van der Waals surface area contributed by atoms with E-state index in [2.05, 4.69) is 16.0 Å². The number of amides is 3. The lowest BCUT2D eigenvalue weighted by atomic mass is 10.1. The van der Waals surface area contributed by atoms with Crippen LogP contribution >= 0.6 is 11.8 Å². The zero-order chi connectivity index (χ0) is 32.3. The molecule has 0 spiro atoms. The largest absolute Gasteiger partial charge is 0.493 e. The van der Waals surface area contributed by atoms with Gasteiger partial charge in [-0.2, -0.15) is 0 Å². The highest BCUT2D eigenvalue weighted by molar-refractivity contribution is 8.00. The molecule has 0 radical (unpaired) electrons. The Morgan fingerprint density at radius 2 is 1.38 bits per heavy atom. The van der Waals surface area contributed by atoms with E-state index in [0.717, 1.165) is 21.7 Å². The second-order valence-corrected chi connectivity index (χ2v) is 11.0. The van der Waals surface area contributed by atoms with Gasteiger partial charge in [0.1, 0.15) is 5.70 Å². The van der Waals surface area contributed by atoms with E-state index in [9.17, 15) is 14.4 Å². The van der Waals surface area contributed by atoms with Crippen molar-refractivity contribution in [3.05, 3.63) is 113 Å². The Hall–Kier alpha value is -5.22. The van der Waals surface area contributed by atoms with Crippen LogP contribution in [0, 0.1) is 13.8 Å². The van der Waals surface area contributed by atoms with E-state index < -0.39 is 11.8 Å². The van der Waals surface area contributed by atoms with E-state index in [4.69, 9.17) is 14.2 Å². The van der Waals surface area contributed by atoms with E-state index >= 15 is 0 Å². The Morgan fingerprint density at radius 1 is 0.733 bits per heavy atom. The van der Waals surface area contributed by atoms with Gasteiger partial charge in [0.2, 0.25) is 11.7 Å². The number of aryl methyl sites for hydroxylation is 2. The van der Waals surface area contributed by atoms with Gasteiger partial charge < -0.3 is 30.2 Å². The predicted molar refractivity (Wildman–Crippen MR) is 178 cm³/mol. The maximum absolute atomic E-state index is 13.5. The van der Waals surface area contributed by atoms with Gasteiger partial charge in [0, 0.05) is 21.8 Å². The molecule has 0 fully saturated rings. The van der Waals surface area contributed by atoms with Crippen LogP contribution in [0.5, 0.6) is 17.2 Å². The number of benzene rings is 4. The molecule has 0 heterocycles. The van der Waals surface area contributed by atoms with Gasteiger partial charge in [-0.15, -0.1) is 11.8 Å². The molecule has 0 bridgehead atoms. The molecular formula is C35H35N3O6S. The van der Waals surface area contributed by atoms with E-state index in [0.29, 0.717) is 34.1 Å². The molecule has 0 aromatic heterocycles. The zero-order valence-corrected chi connectivity index (χ0v) is 26.5. The Balaban J connectivity index is 1.49. The van der Waals surface area contributed by atoms with Crippen LogP contribution in [0.4, 0.5) is 11.4 Å². The van der Waals surface area contributed by atoms with Gasteiger partial charge in [0.25, 0.3) is 11.8 Å². The molecule has 3 amide bonds. The van der Waals surface area contributed by atoms with Crippen LogP contribution in [0.1, 0.15) is 27.0 Å². The van der Waals surface area contributed by atoms with Crippen LogP contribution in [0.2, 0.25) is 0 Å². The number of carbonyl (C=O) groups is 3. The van der Waals surface area contributed by atoms with E-state index in [1.807, 2.05) is 44.2 Å². The SMILES string of the molecule is COc1cc(/C=C(\NC(=O)c2ccccc2)C(=O)Nc2ccc(SCC(=O)Nc3ccc(C)c(C)c3)cc2)cc(OC)c1OC. The highest BCUT2D eigenvalue weighted by atomic mass is 32.2. The fraction of sp³-hybridized carbons (Fsp3) is 0.171. The first-order valence-electron chi connectivity index (χ1n) is 14.0. The van der Waals surface area contributed by atoms with Crippen molar-refractivity contribution in [1.29, 1.82) is 0 Å². The molecule has 4 aromatic rings. The number of thioether (sulfide) groups is 1. The monoisotopic (exact) mass is 625 g/mol. The summed E-state index contributed by atoms with van der Waals surface area (Å²) in [4.78, 5) is 39.9. The Bertz CT molecular complexity index is 1680. The summed E-state index contributed by atoms with van der Waals surface area (Å²) < 4.78 is 16.3. The number of rotatable bonds is 12. The lowest BCUT2D eigenvalue weighted by Gasteiger charge is -2.15. The van der Waals surface area contributed by atoms with Crippen molar-refractivity contribution in [2.75, 3.05) is 37.7 Å². The Labute approximate surface area is 267 Å². The van der Waals surface area contributed by atoms with Gasteiger partial charge in [-0.25, -0.2) is 0 Å². The van der Waals surface area contributed by atoms with E-state index in [1.165, 1.54) is 39.2 Å². The topological polar surface area (TPSA) is 115 Å². The van der Waals surface area contributed by atoms with Gasteiger partial charge in [0.05, 0.1) is 27.1 Å². The number of carbonyl (C=O) groups excluding carboxylic acids is 3. The molecule has 4 aromatic carbocycles. The molecule has 3 N–H and O–H groups in total. The number of hydrogen-bond donors (Lipinski definition) is 3. The van der Waals surface area contributed by atoms with Crippen LogP contribution in [-0.4, -0.2) is 44.8 Å². The van der Waals surface area contributed by atoms with Crippen molar-refractivity contribution in [1.82, 2.24) is 5.32 Å². The van der Waals surface area contributed by atoms with Crippen molar-refractivity contribution >= 4 is 46.9 Å². The average molecular weight is 626 g/mol. The number of ether oxygens (including phenoxy) is 3. The lowest BCUT2D eigenvalue weighted by molar-refractivity contribution is -0.114. The standard InChI is InChI=1S/C35H35N3O6S/c1-22-11-12-27(17-23(22)2)36-32(39)21-45-28-15-13-26(14-16-28)37-35(41)29(38-34(40)25-9-7-6-8-10-25)18-24-19-30(42-3)33(44-5)31(20-24)43-4/h6-20H,21H2,1-5H3,(H,36,39)(H,37,41)(H,38,40)/b29-18-. The molecule has 0 aliphatic carbocycles. The summed E-state index contributed by atoms with van der Waals surface area (Å²) in [6, 6.07) is 24.8. The second kappa shape index (κ2) is 15.5. The van der Waals surface area contributed by atoms with Crippen LogP contribution in [0.3, 0.4) is 0 Å². The van der Waals surface area contributed by atoms with Crippen LogP contribution < -0.4 is 30.2 Å². The second-order valence-electron chi connectivity index (χ2n) is 9.95. The summed E-state index contributed by atoms with van der Waals surface area (Å²) in [5.74, 6) is 0.317. The van der Waals surface area contributed by atoms with Gasteiger partial charge in [-0.1, -0.05) is 24.3 Å². The fourth-order valence-electron chi connectivity index (χ4n) is 4.29. The maximum Gasteiger partial charge on any atom is 0.272 e. The summed E-state index contributed by atoms with van der Waals surface area (Å²) >= 11 is 1.38. The third kappa shape index (κ3) is 8.90. The lowest BCUT2D eigenvalue weighted by Crippen LogP contribution is -2.30. The Kier molecular flexibility index (Phi) is 11.3. The van der Waals surface area contributed by atoms with E-state index in [-0.39, 0.29) is 17.4 Å². The zero-order valence-electron chi connectivity index (χ0n) is 25.7. The molecule has 4 rings (SSSR count). The summed E-state index contributed by atoms with van der Waals surface area (Å²) in [6.07, 6.45) is 1.53. The van der Waals surface area contributed by atoms with Gasteiger partial charge >= 0.3 is 0 Å². The number of methoxy groups -OCH3 is 3. The first-order chi connectivity index (χ1) is 21.7.